The topological polar surface area (TPSA) is 193 Å². The molecule has 0 aliphatic rings. The van der Waals surface area contributed by atoms with Crippen LogP contribution in [0.2, 0.25) is 0 Å². The Hall–Kier alpha value is -6.38. The van der Waals surface area contributed by atoms with Crippen LogP contribution in [-0.4, -0.2) is 97.8 Å². The van der Waals surface area contributed by atoms with Crippen molar-refractivity contribution < 1.29 is 43.0 Å². The number of amides is 6. The molecule has 0 bridgehead atoms. The summed E-state index contributed by atoms with van der Waals surface area (Å²) in [7, 11) is 2.92. The molecule has 0 aromatic heterocycles. The number of nitrogens with one attached hydrogen (secondary N) is 5. The third kappa shape index (κ3) is 18.2. The van der Waals surface area contributed by atoms with Crippen LogP contribution in [0.5, 0.6) is 5.75 Å². The minimum absolute atomic E-state index is 0.0880. The lowest BCUT2D eigenvalue weighted by Crippen LogP contribution is -2.53. The lowest BCUT2D eigenvalue weighted by atomic mass is 9.98. The molecule has 3 atom stereocenters. The smallest absolute Gasteiger partial charge is 0.407 e. The van der Waals surface area contributed by atoms with Gasteiger partial charge < -0.3 is 45.7 Å². The van der Waals surface area contributed by atoms with E-state index >= 15 is 0 Å². The molecule has 0 aliphatic carbocycles. The number of alkyl carbamates (subject to hydrolysis) is 2. The fourth-order valence-electron chi connectivity index (χ4n) is 6.74. The molecule has 0 aliphatic heterocycles. The molecule has 0 unspecified atom stereocenters. The first kappa shape index (κ1) is 54.0. The lowest BCUT2D eigenvalue weighted by Gasteiger charge is -2.32. The fraction of sp³-hybridized carbons (Fsp3) is 0.490. The van der Waals surface area contributed by atoms with E-state index in [9.17, 15) is 28.8 Å². The van der Waals surface area contributed by atoms with E-state index in [2.05, 4.69) is 57.8 Å². The molecule has 0 saturated heterocycles. The van der Waals surface area contributed by atoms with Crippen molar-refractivity contribution in [2.45, 2.75) is 130 Å². The van der Waals surface area contributed by atoms with Crippen LogP contribution in [0.25, 0.3) is 17.2 Å². The van der Waals surface area contributed by atoms with Crippen molar-refractivity contribution >= 4 is 41.9 Å². The number of hydrogen-bond acceptors (Lipinski definition) is 9. The molecule has 0 heterocycles. The summed E-state index contributed by atoms with van der Waals surface area (Å²) >= 11 is 0. The monoisotopic (exact) mass is 913 g/mol. The van der Waals surface area contributed by atoms with Crippen molar-refractivity contribution in [2.24, 2.45) is 0 Å². The number of rotatable bonds is 22. The number of benzene rings is 3. The number of allylic oxidation sites excluding steroid dienone is 1. The summed E-state index contributed by atoms with van der Waals surface area (Å²) in [6.07, 6.45) is 6.84. The number of nitrogens with zero attached hydrogens (tertiary/aromatic N) is 1. The van der Waals surface area contributed by atoms with Gasteiger partial charge in [0.1, 0.15) is 41.7 Å². The second kappa shape index (κ2) is 25.9. The Bertz CT molecular complexity index is 2110. The van der Waals surface area contributed by atoms with E-state index in [0.29, 0.717) is 28.9 Å². The van der Waals surface area contributed by atoms with Gasteiger partial charge in [0.05, 0.1) is 6.54 Å². The molecule has 3 aromatic rings. The van der Waals surface area contributed by atoms with Gasteiger partial charge in [0.15, 0.2) is 0 Å². The van der Waals surface area contributed by atoms with Crippen LogP contribution < -0.4 is 31.3 Å². The van der Waals surface area contributed by atoms with Crippen LogP contribution in [0.3, 0.4) is 0 Å². The first-order valence-corrected chi connectivity index (χ1v) is 22.8. The Morgan fingerprint density at radius 1 is 0.742 bits per heavy atom. The quantitative estimate of drug-likeness (QED) is 0.0624. The third-order valence-electron chi connectivity index (χ3n) is 10.1. The van der Waals surface area contributed by atoms with Gasteiger partial charge in [0.25, 0.3) is 5.91 Å². The van der Waals surface area contributed by atoms with E-state index in [1.165, 1.54) is 31.5 Å². The molecule has 0 saturated carbocycles. The minimum atomic E-state index is -1.28. The van der Waals surface area contributed by atoms with Crippen molar-refractivity contribution in [1.29, 1.82) is 0 Å². The Kier molecular flexibility index (Phi) is 21.2. The first-order valence-electron chi connectivity index (χ1n) is 22.8. The predicted molar refractivity (Wildman–Crippen MR) is 258 cm³/mol. The largest absolute Gasteiger partial charge is 0.491 e. The molecule has 6 amide bonds. The molecule has 15 nitrogen and oxygen atoms in total. The average molecular weight is 913 g/mol. The summed E-state index contributed by atoms with van der Waals surface area (Å²) < 4.78 is 16.7. The Labute approximate surface area is 391 Å². The van der Waals surface area contributed by atoms with Gasteiger partial charge in [0, 0.05) is 31.8 Å². The van der Waals surface area contributed by atoms with Crippen molar-refractivity contribution in [2.75, 3.05) is 33.8 Å². The van der Waals surface area contributed by atoms with Gasteiger partial charge >= 0.3 is 12.2 Å². The van der Waals surface area contributed by atoms with Crippen molar-refractivity contribution in [3.05, 3.63) is 95.1 Å². The summed E-state index contributed by atoms with van der Waals surface area (Å²) in [5.41, 5.74) is 3.14. The highest BCUT2D eigenvalue weighted by molar-refractivity contribution is 5.99. The van der Waals surface area contributed by atoms with E-state index in [-0.39, 0.29) is 32.5 Å². The highest BCUT2D eigenvalue weighted by atomic mass is 16.6. The van der Waals surface area contributed by atoms with E-state index in [4.69, 9.17) is 14.2 Å². The van der Waals surface area contributed by atoms with Gasteiger partial charge in [0.2, 0.25) is 17.7 Å². The summed E-state index contributed by atoms with van der Waals surface area (Å²) in [6.45, 7) is 16.6. The molecular weight excluding hydrogens is 841 g/mol. The molecule has 5 N–H and O–H groups in total. The van der Waals surface area contributed by atoms with Gasteiger partial charge in [-0.05, 0) is 127 Å². The normalized spacial score (nSPS) is 12.8. The van der Waals surface area contributed by atoms with Crippen LogP contribution in [-0.2, 0) is 30.3 Å². The zero-order valence-corrected chi connectivity index (χ0v) is 40.7. The van der Waals surface area contributed by atoms with Gasteiger partial charge in [-0.15, -0.1) is 0 Å². The molecule has 66 heavy (non-hydrogen) atoms. The van der Waals surface area contributed by atoms with Gasteiger partial charge in [-0.2, -0.15) is 0 Å². The SMILES string of the molecule is CC/C=C/c1cc([C@@H](C(=O)N[C@@H](C)C(=O)NC)N(C)C(=O)[C@H](CCCNC(=O)OC(C)(C)C)NC(=O)c2ccc(-c3ccc(CCCC)cc3)cc2)ccc1OCCNC(=O)OC(C)(C)C. The van der Waals surface area contributed by atoms with E-state index < -0.39 is 65.1 Å². The van der Waals surface area contributed by atoms with Crippen LogP contribution in [0.15, 0.2) is 72.8 Å². The highest BCUT2D eigenvalue weighted by Gasteiger charge is 2.35. The molecule has 0 spiro atoms. The Balaban J connectivity index is 1.97. The first-order chi connectivity index (χ1) is 31.2. The van der Waals surface area contributed by atoms with Crippen LogP contribution >= 0.6 is 0 Å². The number of hydrogen-bond donors (Lipinski definition) is 5. The second-order valence-corrected chi connectivity index (χ2v) is 18.1. The van der Waals surface area contributed by atoms with Gasteiger partial charge in [-0.25, -0.2) is 9.59 Å². The standard InChI is InChI=1S/C51H72N6O9/c1-12-14-17-35-20-22-36(23-21-35)37-24-26-38(27-25-37)45(59)56-41(19-16-30-53-48(62)65-50(4,5)6)47(61)57(11)43(46(60)55-34(3)44(58)52-10)40-28-29-42(39(33-40)18-15-13-2)64-32-31-54-49(63)66-51(7,8)9/h15,18,20-29,33-34,41,43H,12-14,16-17,19,30-32H2,1-11H3,(H,52,58)(H,53,62)(H,54,63)(H,55,60)(H,56,59)/b18-15+/t34-,41-,43-/m0/s1. The molecule has 360 valence electrons. The van der Waals surface area contributed by atoms with Gasteiger partial charge in [-0.3, -0.25) is 19.2 Å². The third-order valence-corrected chi connectivity index (χ3v) is 10.1. The maximum atomic E-state index is 14.7. The van der Waals surface area contributed by atoms with Crippen molar-refractivity contribution in [3.63, 3.8) is 0 Å². The predicted octanol–water partition coefficient (Wildman–Crippen LogP) is 7.88. The lowest BCUT2D eigenvalue weighted by molar-refractivity contribution is -0.141. The number of carbonyl (C=O) groups is 6. The summed E-state index contributed by atoms with van der Waals surface area (Å²) in [6, 6.07) is 17.1. The van der Waals surface area contributed by atoms with E-state index in [0.717, 1.165) is 30.4 Å². The van der Waals surface area contributed by atoms with E-state index in [1.807, 2.05) is 31.2 Å². The minimum Gasteiger partial charge on any atom is -0.491 e. The molecule has 3 aromatic carbocycles. The summed E-state index contributed by atoms with van der Waals surface area (Å²) in [5, 5.41) is 13.5. The zero-order chi connectivity index (χ0) is 49.0. The fourth-order valence-corrected chi connectivity index (χ4v) is 6.74. The molecular formula is C51H72N6O9. The van der Waals surface area contributed by atoms with Crippen LogP contribution in [0.1, 0.15) is 128 Å². The number of likely N-dealkylation sites (N-methyl/N-ethyl adjacent to an activating group) is 2. The van der Waals surface area contributed by atoms with Gasteiger partial charge in [-0.1, -0.05) is 74.9 Å². The van der Waals surface area contributed by atoms with Crippen LogP contribution in [0, 0.1) is 0 Å². The summed E-state index contributed by atoms with van der Waals surface area (Å²) in [4.78, 5) is 81.5. The van der Waals surface area contributed by atoms with E-state index in [1.54, 1.807) is 71.9 Å². The summed E-state index contributed by atoms with van der Waals surface area (Å²) in [5.74, 6) is -1.73. The maximum absolute atomic E-state index is 14.7. The number of aryl methyl sites for hydroxylation is 1. The molecule has 0 radical (unpaired) electrons. The van der Waals surface area contributed by atoms with Crippen molar-refractivity contribution in [3.8, 4) is 16.9 Å². The second-order valence-electron chi connectivity index (χ2n) is 18.1. The Morgan fingerprint density at radius 2 is 1.33 bits per heavy atom. The van der Waals surface area contributed by atoms with Crippen LogP contribution in [0.4, 0.5) is 9.59 Å². The molecule has 15 heteroatoms. The molecule has 0 fully saturated rings. The number of carbonyl (C=O) groups excluding carboxylic acids is 6. The highest BCUT2D eigenvalue weighted by Crippen LogP contribution is 2.29. The zero-order valence-electron chi connectivity index (χ0n) is 40.7. The number of unbranched alkanes of at least 4 members (excludes halogenated alkanes) is 1. The number of ether oxygens (including phenoxy) is 3. The molecule has 3 rings (SSSR count). The maximum Gasteiger partial charge on any atom is 0.407 e. The average Bonchev–Trinajstić information content (AvgIpc) is 3.26. The van der Waals surface area contributed by atoms with Crippen molar-refractivity contribution in [1.82, 2.24) is 31.5 Å². The Morgan fingerprint density at radius 3 is 1.89 bits per heavy atom.